The lowest BCUT2D eigenvalue weighted by atomic mass is 9.79. The molecule has 1 aromatic carbocycles. The van der Waals surface area contributed by atoms with Crippen LogP contribution in [-0.4, -0.2) is 16.2 Å². The zero-order chi connectivity index (χ0) is 17.6. The van der Waals surface area contributed by atoms with Crippen LogP contribution in [0.4, 0.5) is 5.13 Å². The third-order valence-corrected chi connectivity index (χ3v) is 5.88. The molecule has 1 aliphatic carbocycles. The first kappa shape index (κ1) is 17.9. The van der Waals surface area contributed by atoms with E-state index < -0.39 is 0 Å². The lowest BCUT2D eigenvalue weighted by Gasteiger charge is -2.27. The number of carbonyl (C=O) groups excluding carboxylic acids is 1. The molecule has 0 spiro atoms. The summed E-state index contributed by atoms with van der Waals surface area (Å²) in [5, 5.41) is 9.01. The number of aromatic nitrogens is 2. The van der Waals surface area contributed by atoms with Crippen LogP contribution < -0.4 is 10.5 Å². The van der Waals surface area contributed by atoms with Gasteiger partial charge in [-0.25, -0.2) is 0 Å². The highest BCUT2D eigenvalue weighted by atomic mass is 32.1. The number of carbonyl (C=O) groups is 1. The quantitative estimate of drug-likeness (QED) is 0.598. The van der Waals surface area contributed by atoms with Crippen molar-refractivity contribution in [1.82, 2.24) is 10.2 Å². The Balaban J connectivity index is 1.45. The van der Waals surface area contributed by atoms with E-state index in [1.54, 1.807) is 12.1 Å². The zero-order valence-electron chi connectivity index (χ0n) is 14.6. The van der Waals surface area contributed by atoms with Gasteiger partial charge in [0.25, 0.3) is 0 Å². The van der Waals surface area contributed by atoms with Crippen molar-refractivity contribution in [3.8, 4) is 16.3 Å². The first-order valence-corrected chi connectivity index (χ1v) is 9.85. The minimum atomic E-state index is -0.148. The Labute approximate surface area is 152 Å². The maximum absolute atomic E-state index is 12.1. The summed E-state index contributed by atoms with van der Waals surface area (Å²) in [6.45, 7) is 2.27. The average molecular weight is 359 g/mol. The van der Waals surface area contributed by atoms with E-state index in [-0.39, 0.29) is 5.97 Å². The van der Waals surface area contributed by atoms with Crippen molar-refractivity contribution in [3.63, 3.8) is 0 Å². The first-order valence-electron chi connectivity index (χ1n) is 9.04. The molecule has 1 heterocycles. The Morgan fingerprint density at radius 3 is 2.44 bits per heavy atom. The molecule has 2 N–H and O–H groups in total. The number of nitrogens with two attached hydrogens (primary N) is 1. The van der Waals surface area contributed by atoms with Crippen molar-refractivity contribution in [2.24, 2.45) is 11.8 Å². The Hall–Kier alpha value is -1.95. The van der Waals surface area contributed by atoms with Gasteiger partial charge < -0.3 is 10.5 Å². The number of nitrogen functional groups attached to an aromatic ring is 1. The smallest absolute Gasteiger partial charge is 0.311 e. The number of hydrogen-bond donors (Lipinski definition) is 1. The molecule has 0 amide bonds. The van der Waals surface area contributed by atoms with Crippen LogP contribution in [0.1, 0.15) is 51.9 Å². The molecule has 1 aromatic heterocycles. The number of nitrogens with zero attached hydrogens (tertiary/aromatic N) is 2. The standard InChI is InChI=1S/C19H25N3O2S/c1-2-13-3-5-14(6-4-13)7-12-17(23)24-16-10-8-15(9-11-16)18-21-22-19(20)25-18/h8-11,13-14H,2-7,12H2,1H3,(H2,20,22). The second-order valence-corrected chi connectivity index (χ2v) is 7.79. The molecule has 1 aliphatic rings. The number of ether oxygens (including phenoxy) is 1. The largest absolute Gasteiger partial charge is 0.427 e. The van der Waals surface area contributed by atoms with Crippen LogP contribution in [0.2, 0.25) is 0 Å². The Kier molecular flexibility index (Phi) is 6.02. The molecular weight excluding hydrogens is 334 g/mol. The van der Waals surface area contributed by atoms with Crippen LogP contribution in [0, 0.1) is 11.8 Å². The van der Waals surface area contributed by atoms with Crippen LogP contribution in [0.3, 0.4) is 0 Å². The topological polar surface area (TPSA) is 78.1 Å². The number of anilines is 1. The van der Waals surface area contributed by atoms with Crippen LogP contribution in [0.15, 0.2) is 24.3 Å². The molecule has 1 fully saturated rings. The molecule has 2 aromatic rings. The van der Waals surface area contributed by atoms with Crippen molar-refractivity contribution in [2.75, 3.05) is 5.73 Å². The number of esters is 1. The Bertz CT molecular complexity index is 691. The zero-order valence-corrected chi connectivity index (χ0v) is 15.4. The molecule has 5 nitrogen and oxygen atoms in total. The predicted octanol–water partition coefficient (Wildman–Crippen LogP) is 4.69. The van der Waals surface area contributed by atoms with E-state index >= 15 is 0 Å². The van der Waals surface area contributed by atoms with E-state index in [0.717, 1.165) is 22.9 Å². The van der Waals surface area contributed by atoms with Crippen molar-refractivity contribution in [3.05, 3.63) is 24.3 Å². The molecule has 0 aliphatic heterocycles. The second-order valence-electron chi connectivity index (χ2n) is 6.78. The summed E-state index contributed by atoms with van der Waals surface area (Å²) in [5.74, 6) is 2.00. The third kappa shape index (κ3) is 5.01. The Morgan fingerprint density at radius 2 is 1.84 bits per heavy atom. The fourth-order valence-corrected chi connectivity index (χ4v) is 4.06. The van der Waals surface area contributed by atoms with Crippen LogP contribution in [0.25, 0.3) is 10.6 Å². The molecule has 1 saturated carbocycles. The molecule has 0 saturated heterocycles. The van der Waals surface area contributed by atoms with Crippen molar-refractivity contribution < 1.29 is 9.53 Å². The normalized spacial score (nSPS) is 20.4. The molecule has 6 heteroatoms. The lowest BCUT2D eigenvalue weighted by Crippen LogP contribution is -2.16. The van der Waals surface area contributed by atoms with Gasteiger partial charge in [0.05, 0.1) is 0 Å². The summed E-state index contributed by atoms with van der Waals surface area (Å²) >= 11 is 1.33. The summed E-state index contributed by atoms with van der Waals surface area (Å²) in [6, 6.07) is 7.32. The lowest BCUT2D eigenvalue weighted by molar-refractivity contribution is -0.134. The van der Waals surface area contributed by atoms with Gasteiger partial charge in [0.15, 0.2) is 0 Å². The van der Waals surface area contributed by atoms with Gasteiger partial charge in [-0.1, -0.05) is 50.4 Å². The molecular formula is C19H25N3O2S. The monoisotopic (exact) mass is 359 g/mol. The number of hydrogen-bond acceptors (Lipinski definition) is 6. The summed E-state index contributed by atoms with van der Waals surface area (Å²) in [7, 11) is 0. The summed E-state index contributed by atoms with van der Waals surface area (Å²) in [5.41, 5.74) is 6.52. The Morgan fingerprint density at radius 1 is 1.16 bits per heavy atom. The highest BCUT2D eigenvalue weighted by Crippen LogP contribution is 2.33. The molecule has 25 heavy (non-hydrogen) atoms. The van der Waals surface area contributed by atoms with Crippen molar-refractivity contribution in [2.45, 2.75) is 51.9 Å². The van der Waals surface area contributed by atoms with Gasteiger partial charge in [-0.2, -0.15) is 0 Å². The first-order chi connectivity index (χ1) is 12.1. The molecule has 3 rings (SSSR count). The maximum Gasteiger partial charge on any atom is 0.311 e. The minimum absolute atomic E-state index is 0.148. The predicted molar refractivity (Wildman–Crippen MR) is 100 cm³/mol. The molecule has 0 radical (unpaired) electrons. The molecule has 0 atom stereocenters. The highest BCUT2D eigenvalue weighted by molar-refractivity contribution is 7.18. The average Bonchev–Trinajstić information content (AvgIpc) is 3.07. The van der Waals surface area contributed by atoms with Crippen LogP contribution in [0.5, 0.6) is 5.75 Å². The van der Waals surface area contributed by atoms with Crippen LogP contribution in [-0.2, 0) is 4.79 Å². The van der Waals surface area contributed by atoms with Gasteiger partial charge in [0.1, 0.15) is 10.8 Å². The van der Waals surface area contributed by atoms with E-state index in [2.05, 4.69) is 17.1 Å². The molecule has 0 unspecified atom stereocenters. The second kappa shape index (κ2) is 8.43. The fraction of sp³-hybridized carbons (Fsp3) is 0.526. The van der Waals surface area contributed by atoms with Gasteiger partial charge >= 0.3 is 5.97 Å². The van der Waals surface area contributed by atoms with Crippen LogP contribution >= 0.6 is 11.3 Å². The summed E-state index contributed by atoms with van der Waals surface area (Å²) < 4.78 is 5.45. The number of benzene rings is 1. The van der Waals surface area contributed by atoms with E-state index in [4.69, 9.17) is 10.5 Å². The van der Waals surface area contributed by atoms with E-state index in [0.29, 0.717) is 23.2 Å². The third-order valence-electron chi connectivity index (χ3n) is 5.07. The van der Waals surface area contributed by atoms with E-state index in [1.807, 2.05) is 12.1 Å². The minimum Gasteiger partial charge on any atom is -0.427 e. The SMILES string of the molecule is CCC1CCC(CCC(=O)Oc2ccc(-c3nnc(N)s3)cc2)CC1. The van der Waals surface area contributed by atoms with E-state index in [9.17, 15) is 4.79 Å². The number of rotatable bonds is 6. The van der Waals surface area contributed by atoms with Gasteiger partial charge in [-0.3, -0.25) is 4.79 Å². The fourth-order valence-electron chi connectivity index (χ4n) is 3.45. The summed E-state index contributed by atoms with van der Waals surface area (Å²) in [4.78, 5) is 12.1. The van der Waals surface area contributed by atoms with Gasteiger partial charge in [-0.05, 0) is 42.5 Å². The van der Waals surface area contributed by atoms with Crippen molar-refractivity contribution in [1.29, 1.82) is 0 Å². The molecule has 134 valence electrons. The summed E-state index contributed by atoms with van der Waals surface area (Å²) in [6.07, 6.45) is 7.86. The molecule has 0 bridgehead atoms. The maximum atomic E-state index is 12.1. The van der Waals surface area contributed by atoms with Crippen molar-refractivity contribution >= 4 is 22.4 Å². The van der Waals surface area contributed by atoms with Gasteiger partial charge in [-0.15, -0.1) is 10.2 Å². The van der Waals surface area contributed by atoms with Gasteiger partial charge in [0, 0.05) is 12.0 Å². The van der Waals surface area contributed by atoms with E-state index in [1.165, 1.54) is 43.4 Å². The highest BCUT2D eigenvalue weighted by Gasteiger charge is 2.20. The van der Waals surface area contributed by atoms with Gasteiger partial charge in [0.2, 0.25) is 5.13 Å².